The molecule has 0 saturated heterocycles. The Balaban J connectivity index is 0.00000361. The number of furan rings is 1. The molecule has 0 atom stereocenters. The maximum absolute atomic E-state index is 12.2. The van der Waals surface area contributed by atoms with Gasteiger partial charge in [-0.3, -0.25) is 0 Å². The second-order valence-corrected chi connectivity index (χ2v) is 5.62. The summed E-state index contributed by atoms with van der Waals surface area (Å²) in [4.78, 5) is 11.5. The van der Waals surface area contributed by atoms with Gasteiger partial charge in [0.2, 0.25) is 10.0 Å². The van der Waals surface area contributed by atoms with Crippen molar-refractivity contribution in [2.24, 2.45) is 0 Å². The zero-order chi connectivity index (χ0) is 14.6. The van der Waals surface area contributed by atoms with Crippen molar-refractivity contribution in [3.63, 3.8) is 0 Å². The molecule has 0 unspecified atom stereocenters. The van der Waals surface area contributed by atoms with Crippen molar-refractivity contribution in [2.75, 3.05) is 27.2 Å². The lowest BCUT2D eigenvalue weighted by Crippen LogP contribution is -2.31. The number of sulfonamides is 1. The smallest absolute Gasteiger partial charge is 0.342 e. The van der Waals surface area contributed by atoms with Gasteiger partial charge in [-0.1, -0.05) is 0 Å². The van der Waals surface area contributed by atoms with Crippen LogP contribution in [0.5, 0.6) is 0 Å². The molecule has 0 amide bonds. The third kappa shape index (κ3) is 3.95. The van der Waals surface area contributed by atoms with E-state index >= 15 is 0 Å². The molecule has 0 bridgehead atoms. The molecular weight excluding hydrogens is 308 g/mol. The Kier molecular flexibility index (Phi) is 7.21. The maximum atomic E-state index is 12.2. The highest BCUT2D eigenvalue weighted by Crippen LogP contribution is 2.26. The van der Waals surface area contributed by atoms with Crippen LogP contribution in [0.2, 0.25) is 0 Å². The second-order valence-electron chi connectivity index (χ2n) is 3.91. The van der Waals surface area contributed by atoms with E-state index in [-0.39, 0.29) is 40.9 Å². The number of esters is 1. The minimum atomic E-state index is -3.81. The van der Waals surface area contributed by atoms with Crippen LogP contribution in [0.3, 0.4) is 0 Å². The fourth-order valence-electron chi connectivity index (χ4n) is 1.71. The summed E-state index contributed by atoms with van der Waals surface area (Å²) in [7, 11) is -0.914. The summed E-state index contributed by atoms with van der Waals surface area (Å²) >= 11 is 0. The van der Waals surface area contributed by atoms with E-state index in [1.54, 1.807) is 7.05 Å². The zero-order valence-corrected chi connectivity index (χ0v) is 13.4. The van der Waals surface area contributed by atoms with E-state index in [0.29, 0.717) is 6.54 Å². The van der Waals surface area contributed by atoms with Gasteiger partial charge in [-0.05, 0) is 20.9 Å². The number of carbonyl (C=O) groups excluding carboxylic acids is 1. The predicted molar refractivity (Wildman–Crippen MR) is 75.9 cm³/mol. The highest BCUT2D eigenvalue weighted by Gasteiger charge is 2.31. The lowest BCUT2D eigenvalue weighted by molar-refractivity contribution is 0.0595. The fraction of sp³-hybridized carbons (Fsp3) is 0.545. The number of nitrogens with one attached hydrogen (secondary N) is 2. The Morgan fingerprint density at radius 1 is 1.25 bits per heavy atom. The van der Waals surface area contributed by atoms with Crippen LogP contribution in [-0.4, -0.2) is 41.6 Å². The Labute approximate surface area is 124 Å². The van der Waals surface area contributed by atoms with Crippen molar-refractivity contribution < 1.29 is 22.4 Å². The number of aryl methyl sites for hydroxylation is 2. The quantitative estimate of drug-likeness (QED) is 0.587. The molecule has 9 heteroatoms. The largest absolute Gasteiger partial charge is 0.465 e. The topological polar surface area (TPSA) is 97.6 Å². The molecule has 1 aromatic heterocycles. The van der Waals surface area contributed by atoms with E-state index in [2.05, 4.69) is 14.8 Å². The van der Waals surface area contributed by atoms with Gasteiger partial charge in [0.25, 0.3) is 0 Å². The molecule has 1 rings (SSSR count). The number of rotatable bonds is 6. The number of hydrogen-bond acceptors (Lipinski definition) is 6. The minimum absolute atomic E-state index is 0. The molecule has 0 fully saturated rings. The number of halogens is 1. The average molecular weight is 327 g/mol. The van der Waals surface area contributed by atoms with Gasteiger partial charge >= 0.3 is 5.97 Å². The Hall–Kier alpha value is -1.09. The van der Waals surface area contributed by atoms with E-state index in [9.17, 15) is 13.2 Å². The van der Waals surface area contributed by atoms with Crippen molar-refractivity contribution in [1.29, 1.82) is 0 Å². The molecule has 0 spiro atoms. The summed E-state index contributed by atoms with van der Waals surface area (Å²) < 4.78 is 36.6. The van der Waals surface area contributed by atoms with Gasteiger partial charge in [0.1, 0.15) is 22.0 Å². The lowest BCUT2D eigenvalue weighted by atomic mass is 10.2. The molecule has 20 heavy (non-hydrogen) atoms. The van der Waals surface area contributed by atoms with Gasteiger partial charge in [0, 0.05) is 13.1 Å². The molecule has 1 heterocycles. The van der Waals surface area contributed by atoms with Gasteiger partial charge in [-0.2, -0.15) is 0 Å². The third-order valence-electron chi connectivity index (χ3n) is 2.53. The van der Waals surface area contributed by atoms with Gasteiger partial charge < -0.3 is 14.5 Å². The molecular formula is C11H19ClN2O5S. The SMILES string of the molecule is CNCCNS(=O)(=O)c1c(C)oc(C)c1C(=O)OC.Cl. The van der Waals surface area contributed by atoms with Crippen molar-refractivity contribution in [3.8, 4) is 0 Å². The minimum Gasteiger partial charge on any atom is -0.465 e. The first-order valence-corrected chi connectivity index (χ1v) is 7.16. The van der Waals surface area contributed by atoms with E-state index in [4.69, 9.17) is 4.42 Å². The van der Waals surface area contributed by atoms with E-state index in [1.165, 1.54) is 21.0 Å². The third-order valence-corrected chi connectivity index (χ3v) is 4.14. The molecule has 2 N–H and O–H groups in total. The lowest BCUT2D eigenvalue weighted by Gasteiger charge is -2.07. The van der Waals surface area contributed by atoms with Gasteiger partial charge in [-0.25, -0.2) is 17.9 Å². The van der Waals surface area contributed by atoms with Crippen molar-refractivity contribution in [2.45, 2.75) is 18.7 Å². The van der Waals surface area contributed by atoms with Crippen LogP contribution in [-0.2, 0) is 14.8 Å². The molecule has 0 aliphatic heterocycles. The molecule has 7 nitrogen and oxygen atoms in total. The molecule has 0 aliphatic carbocycles. The first kappa shape index (κ1) is 18.9. The molecule has 0 aliphatic rings. The molecule has 116 valence electrons. The van der Waals surface area contributed by atoms with Crippen LogP contribution in [0.25, 0.3) is 0 Å². The van der Waals surface area contributed by atoms with Crippen molar-refractivity contribution in [1.82, 2.24) is 10.0 Å². The highest BCUT2D eigenvalue weighted by molar-refractivity contribution is 7.89. The number of carbonyl (C=O) groups is 1. The molecule has 1 aromatic rings. The normalized spacial score (nSPS) is 11.0. The first-order chi connectivity index (χ1) is 8.85. The summed E-state index contributed by atoms with van der Waals surface area (Å²) in [5.74, 6) is -0.350. The maximum Gasteiger partial charge on any atom is 0.342 e. The second kappa shape index (κ2) is 7.63. The number of methoxy groups -OCH3 is 1. The zero-order valence-electron chi connectivity index (χ0n) is 11.8. The Bertz CT molecular complexity index is 568. The van der Waals surface area contributed by atoms with E-state index in [1.807, 2.05) is 0 Å². The van der Waals surface area contributed by atoms with Crippen LogP contribution < -0.4 is 10.0 Å². The van der Waals surface area contributed by atoms with Gasteiger partial charge in [0.15, 0.2) is 0 Å². The van der Waals surface area contributed by atoms with Crippen LogP contribution in [0.15, 0.2) is 9.31 Å². The first-order valence-electron chi connectivity index (χ1n) is 5.67. The monoisotopic (exact) mass is 326 g/mol. The summed E-state index contributed by atoms with van der Waals surface area (Å²) in [5, 5.41) is 2.82. The van der Waals surface area contributed by atoms with Crippen LogP contribution >= 0.6 is 12.4 Å². The van der Waals surface area contributed by atoms with Crippen molar-refractivity contribution in [3.05, 3.63) is 17.1 Å². The number of ether oxygens (including phenoxy) is 1. The number of likely N-dealkylation sites (N-methyl/N-ethyl adjacent to an activating group) is 1. The van der Waals surface area contributed by atoms with E-state index < -0.39 is 16.0 Å². The van der Waals surface area contributed by atoms with Crippen LogP contribution in [0, 0.1) is 13.8 Å². The average Bonchev–Trinajstić information content (AvgIpc) is 2.64. The Morgan fingerprint density at radius 3 is 2.35 bits per heavy atom. The molecule has 0 radical (unpaired) electrons. The van der Waals surface area contributed by atoms with Gasteiger partial charge in [0.05, 0.1) is 7.11 Å². The molecule has 0 aromatic carbocycles. The number of hydrogen-bond donors (Lipinski definition) is 2. The summed E-state index contributed by atoms with van der Waals surface area (Å²) in [5.41, 5.74) is -0.0584. The molecule has 0 saturated carbocycles. The summed E-state index contributed by atoms with van der Waals surface area (Å²) in [6, 6.07) is 0. The standard InChI is InChI=1S/C11H18N2O5S.ClH/c1-7-9(11(14)17-4)10(8(2)18-7)19(15,16)13-6-5-12-3;/h12-13H,5-6H2,1-4H3;1H. The summed E-state index contributed by atoms with van der Waals surface area (Å²) in [6.45, 7) is 3.70. The van der Waals surface area contributed by atoms with Crippen LogP contribution in [0.4, 0.5) is 0 Å². The Morgan fingerprint density at radius 2 is 1.85 bits per heavy atom. The predicted octanol–water partition coefficient (Wildman–Crippen LogP) is 0.603. The highest BCUT2D eigenvalue weighted by atomic mass is 35.5. The van der Waals surface area contributed by atoms with Crippen LogP contribution in [0.1, 0.15) is 21.9 Å². The van der Waals surface area contributed by atoms with Crippen molar-refractivity contribution >= 4 is 28.4 Å². The fourth-order valence-corrected chi connectivity index (χ4v) is 3.14. The van der Waals surface area contributed by atoms with Gasteiger partial charge in [-0.15, -0.1) is 12.4 Å². The van der Waals surface area contributed by atoms with E-state index in [0.717, 1.165) is 0 Å². The summed E-state index contributed by atoms with van der Waals surface area (Å²) in [6.07, 6.45) is 0.